The highest BCUT2D eigenvalue weighted by molar-refractivity contribution is 7.98. The molecule has 0 aromatic heterocycles. The van der Waals surface area contributed by atoms with Crippen molar-refractivity contribution in [1.29, 1.82) is 0 Å². The number of rotatable bonds is 14. The Morgan fingerprint density at radius 1 is 0.926 bits per heavy atom. The summed E-state index contributed by atoms with van der Waals surface area (Å²) in [6, 6.07) is 8.66. The molecule has 0 saturated carbocycles. The number of hydrazone groups is 1. The third kappa shape index (κ3) is 7.98. The van der Waals surface area contributed by atoms with E-state index < -0.39 is 0 Å². The fourth-order valence-corrected chi connectivity index (χ4v) is 4.27. The van der Waals surface area contributed by atoms with Crippen LogP contribution in [0.2, 0.25) is 0 Å². The zero-order chi connectivity index (χ0) is 19.3. The molecule has 5 heteroatoms. The van der Waals surface area contributed by atoms with Crippen LogP contribution < -0.4 is 10.3 Å². The monoisotopic (exact) mass is 407 g/mol. The molecule has 1 atom stereocenters. The molecule has 1 aromatic rings. The van der Waals surface area contributed by atoms with Crippen LogP contribution in [-0.2, 0) is 0 Å². The van der Waals surface area contributed by atoms with Gasteiger partial charge in [0.2, 0.25) is 0 Å². The van der Waals surface area contributed by atoms with Crippen molar-refractivity contribution < 1.29 is 0 Å². The Morgan fingerprint density at radius 2 is 1.48 bits per heavy atom. The van der Waals surface area contributed by atoms with E-state index in [1.54, 1.807) is 11.8 Å². The van der Waals surface area contributed by atoms with Gasteiger partial charge in [0.1, 0.15) is 5.84 Å². The van der Waals surface area contributed by atoms with E-state index in [1.807, 2.05) is 0 Å². The summed E-state index contributed by atoms with van der Waals surface area (Å²) >= 11 is 6.40. The van der Waals surface area contributed by atoms with E-state index in [9.17, 15) is 0 Å². The first kappa shape index (κ1) is 22.5. The molecule has 0 radical (unpaired) electrons. The second kappa shape index (κ2) is 13.4. The SMILES string of the molecule is CCCCCCCCCCCCCC1=NNC(S)N1c1ccc(SC)cc1. The summed E-state index contributed by atoms with van der Waals surface area (Å²) in [5.74, 6) is 1.11. The van der Waals surface area contributed by atoms with Gasteiger partial charge < -0.3 is 0 Å². The van der Waals surface area contributed by atoms with Crippen LogP contribution in [0.25, 0.3) is 0 Å². The zero-order valence-electron chi connectivity index (χ0n) is 17.1. The molecule has 2 rings (SSSR count). The Bertz CT molecular complexity index is 545. The highest BCUT2D eigenvalue weighted by Crippen LogP contribution is 2.26. The van der Waals surface area contributed by atoms with Gasteiger partial charge in [-0.25, -0.2) is 0 Å². The zero-order valence-corrected chi connectivity index (χ0v) is 18.8. The first-order valence-electron chi connectivity index (χ1n) is 10.7. The minimum atomic E-state index is -0.0622. The highest BCUT2D eigenvalue weighted by Gasteiger charge is 2.25. The molecule has 1 aromatic carbocycles. The minimum Gasteiger partial charge on any atom is -0.297 e. The van der Waals surface area contributed by atoms with Crippen molar-refractivity contribution in [3.63, 3.8) is 0 Å². The topological polar surface area (TPSA) is 27.6 Å². The van der Waals surface area contributed by atoms with Crippen molar-refractivity contribution >= 4 is 35.9 Å². The van der Waals surface area contributed by atoms with E-state index in [0.29, 0.717) is 0 Å². The van der Waals surface area contributed by atoms with Crippen LogP contribution >= 0.6 is 24.4 Å². The third-order valence-electron chi connectivity index (χ3n) is 5.19. The maximum atomic E-state index is 4.63. The molecule has 0 aliphatic carbocycles. The molecule has 0 spiro atoms. The van der Waals surface area contributed by atoms with E-state index in [-0.39, 0.29) is 5.50 Å². The summed E-state index contributed by atoms with van der Waals surface area (Å²) in [4.78, 5) is 3.49. The number of unbranched alkanes of at least 4 members (excludes halogenated alkanes) is 10. The molecular weight excluding hydrogens is 370 g/mol. The largest absolute Gasteiger partial charge is 0.297 e. The van der Waals surface area contributed by atoms with E-state index >= 15 is 0 Å². The maximum Gasteiger partial charge on any atom is 0.165 e. The maximum absolute atomic E-state index is 4.63. The van der Waals surface area contributed by atoms with Gasteiger partial charge in [-0.2, -0.15) is 5.10 Å². The standard InChI is InChI=1S/C22H37N3S2/c1-3-4-5-6-7-8-9-10-11-12-13-14-21-23-24-22(26)25(21)19-15-17-20(27-2)18-16-19/h15-18,22,24,26H,3-14H2,1-2H3. The summed E-state index contributed by atoms with van der Waals surface area (Å²) in [5.41, 5.74) is 4.21. The van der Waals surface area contributed by atoms with Crippen molar-refractivity contribution in [2.75, 3.05) is 11.2 Å². The molecule has 152 valence electrons. The quantitative estimate of drug-likeness (QED) is 0.197. The number of hydrogen-bond acceptors (Lipinski definition) is 5. The summed E-state index contributed by atoms with van der Waals surface area (Å²) in [7, 11) is 0. The van der Waals surface area contributed by atoms with Crippen molar-refractivity contribution in [3.05, 3.63) is 24.3 Å². The highest BCUT2D eigenvalue weighted by atomic mass is 32.2. The molecule has 0 fully saturated rings. The Labute approximate surface area is 176 Å². The number of benzene rings is 1. The lowest BCUT2D eigenvalue weighted by Crippen LogP contribution is -2.36. The molecule has 0 saturated heterocycles. The van der Waals surface area contributed by atoms with Crippen molar-refractivity contribution in [1.82, 2.24) is 5.43 Å². The van der Waals surface area contributed by atoms with E-state index in [2.05, 4.69) is 65.5 Å². The second-order valence-electron chi connectivity index (χ2n) is 7.38. The molecule has 0 bridgehead atoms. The Morgan fingerprint density at radius 3 is 2.04 bits per heavy atom. The predicted octanol–water partition coefficient (Wildman–Crippen LogP) is 7.05. The van der Waals surface area contributed by atoms with Gasteiger partial charge >= 0.3 is 0 Å². The minimum absolute atomic E-state index is 0.0622. The van der Waals surface area contributed by atoms with Crippen LogP contribution in [0.3, 0.4) is 0 Å². The van der Waals surface area contributed by atoms with Gasteiger partial charge in [-0.15, -0.1) is 24.4 Å². The van der Waals surface area contributed by atoms with Crippen LogP contribution in [0, 0.1) is 0 Å². The third-order valence-corrected chi connectivity index (χ3v) is 6.28. The molecule has 27 heavy (non-hydrogen) atoms. The molecule has 1 unspecified atom stereocenters. The van der Waals surface area contributed by atoms with Crippen molar-refractivity contribution in [2.45, 2.75) is 94.4 Å². The fraction of sp³-hybridized carbons (Fsp3) is 0.682. The van der Waals surface area contributed by atoms with E-state index in [4.69, 9.17) is 0 Å². The smallest absolute Gasteiger partial charge is 0.165 e. The number of hydrogen-bond donors (Lipinski definition) is 2. The van der Waals surface area contributed by atoms with Gasteiger partial charge in [0.15, 0.2) is 5.50 Å². The molecule has 1 aliphatic rings. The van der Waals surface area contributed by atoms with Crippen LogP contribution in [0.4, 0.5) is 5.69 Å². The second-order valence-corrected chi connectivity index (χ2v) is 8.75. The van der Waals surface area contributed by atoms with Crippen LogP contribution in [-0.4, -0.2) is 17.6 Å². The van der Waals surface area contributed by atoms with Crippen LogP contribution in [0.5, 0.6) is 0 Å². The number of nitrogens with zero attached hydrogens (tertiary/aromatic N) is 2. The normalized spacial score (nSPS) is 16.5. The molecule has 0 amide bonds. The fourth-order valence-electron chi connectivity index (χ4n) is 3.54. The van der Waals surface area contributed by atoms with E-state index in [0.717, 1.165) is 12.3 Å². The predicted molar refractivity (Wildman–Crippen MR) is 125 cm³/mol. The van der Waals surface area contributed by atoms with Crippen LogP contribution in [0.1, 0.15) is 84.0 Å². The summed E-state index contributed by atoms with van der Waals surface area (Å²) in [6.45, 7) is 2.28. The number of amidine groups is 1. The Kier molecular flexibility index (Phi) is 11.1. The first-order chi connectivity index (χ1) is 13.3. The average Bonchev–Trinajstić information content (AvgIpc) is 3.06. The van der Waals surface area contributed by atoms with Gasteiger partial charge in [-0.05, 0) is 36.9 Å². The van der Waals surface area contributed by atoms with Gasteiger partial charge in [0, 0.05) is 17.0 Å². The summed E-state index contributed by atoms with van der Waals surface area (Å²) in [5, 5.41) is 4.51. The lowest BCUT2D eigenvalue weighted by Gasteiger charge is -2.24. The summed E-state index contributed by atoms with van der Waals surface area (Å²) in [6.07, 6.45) is 18.2. The van der Waals surface area contributed by atoms with Crippen molar-refractivity contribution in [3.8, 4) is 0 Å². The average molecular weight is 408 g/mol. The van der Waals surface area contributed by atoms with Gasteiger partial charge in [0.25, 0.3) is 0 Å². The molecular formula is C22H37N3S2. The lowest BCUT2D eigenvalue weighted by atomic mass is 10.0. The van der Waals surface area contributed by atoms with Gasteiger partial charge in [-0.1, -0.05) is 71.1 Å². The number of thioether (sulfide) groups is 1. The molecule has 3 nitrogen and oxygen atoms in total. The van der Waals surface area contributed by atoms with Crippen molar-refractivity contribution in [2.24, 2.45) is 5.10 Å². The summed E-state index contributed by atoms with van der Waals surface area (Å²) < 4.78 is 0. The number of anilines is 1. The molecule has 1 heterocycles. The van der Waals surface area contributed by atoms with E-state index in [1.165, 1.54) is 81.2 Å². The number of thiol groups is 1. The molecule has 1 aliphatic heterocycles. The van der Waals surface area contributed by atoms with Crippen LogP contribution in [0.15, 0.2) is 34.3 Å². The van der Waals surface area contributed by atoms with Gasteiger partial charge in [-0.3, -0.25) is 10.3 Å². The lowest BCUT2D eigenvalue weighted by molar-refractivity contribution is 0.551. The molecule has 1 N–H and O–H groups in total. The first-order valence-corrected chi connectivity index (χ1v) is 12.4. The Balaban J connectivity index is 1.60. The van der Waals surface area contributed by atoms with Gasteiger partial charge in [0.05, 0.1) is 0 Å². The Hall–Kier alpha value is -0.810. The number of nitrogens with one attached hydrogen (secondary N) is 1.